The Morgan fingerprint density at radius 1 is 0.964 bits per heavy atom. The molecule has 5 N–H and O–H groups in total. The first-order valence-corrected chi connectivity index (χ1v) is 20.0. The summed E-state index contributed by atoms with van der Waals surface area (Å²) >= 11 is 5.84. The van der Waals surface area contributed by atoms with Crippen LogP contribution in [-0.2, 0) is 44.6 Å². The Kier molecular flexibility index (Phi) is 15.8. The molecule has 308 valence electrons. The fourth-order valence-corrected chi connectivity index (χ4v) is 7.52. The van der Waals surface area contributed by atoms with Crippen molar-refractivity contribution in [1.82, 2.24) is 31.2 Å². The molecule has 5 atom stereocenters. The molecule has 1 fully saturated rings. The van der Waals surface area contributed by atoms with Crippen molar-refractivity contribution in [3.8, 4) is 0 Å². The maximum absolute atomic E-state index is 14.8. The molecule has 5 rings (SSSR count). The van der Waals surface area contributed by atoms with Crippen molar-refractivity contribution in [2.45, 2.75) is 104 Å². The van der Waals surface area contributed by atoms with Gasteiger partial charge < -0.3 is 31.0 Å². The van der Waals surface area contributed by atoms with E-state index in [-0.39, 0.29) is 48.6 Å². The summed E-state index contributed by atoms with van der Waals surface area (Å²) in [5.41, 5.74) is -1.31. The lowest BCUT2D eigenvalue weighted by Crippen LogP contribution is -2.67. The molecule has 3 aromatic rings. The van der Waals surface area contributed by atoms with E-state index >= 15 is 0 Å². The first-order chi connectivity index (χ1) is 26.7. The number of hydrogen-bond acceptors (Lipinski definition) is 6. The zero-order valence-corrected chi connectivity index (χ0v) is 33.9. The lowest BCUT2D eigenvalue weighted by Gasteiger charge is -2.40. The van der Waals surface area contributed by atoms with E-state index in [4.69, 9.17) is 17.0 Å². The monoisotopic (exact) mass is 804 g/mol. The molecule has 0 spiro atoms. The summed E-state index contributed by atoms with van der Waals surface area (Å²) in [4.78, 5) is 47.9. The fraction of sp³-hybridized carbons (Fsp3) is 0.561. The number of aryl methyl sites for hydroxylation is 1. The van der Waals surface area contributed by atoms with Crippen LogP contribution < -0.4 is 21.3 Å². The highest BCUT2D eigenvalue weighted by atomic mass is 32.1. The molecule has 3 amide bonds. The maximum atomic E-state index is 14.8. The van der Waals surface area contributed by atoms with E-state index in [1.165, 1.54) is 24.3 Å². The quantitative estimate of drug-likeness (QED) is 0.0970. The molecule has 1 aliphatic heterocycles. The molecule has 1 saturated heterocycles. The van der Waals surface area contributed by atoms with E-state index in [0.29, 0.717) is 54.4 Å². The van der Waals surface area contributed by atoms with Gasteiger partial charge in [0.2, 0.25) is 17.7 Å². The van der Waals surface area contributed by atoms with E-state index < -0.39 is 52.9 Å². The van der Waals surface area contributed by atoms with E-state index in [2.05, 4.69) is 31.2 Å². The van der Waals surface area contributed by atoms with Crippen LogP contribution in [0.2, 0.25) is 0 Å². The summed E-state index contributed by atoms with van der Waals surface area (Å²) in [5.74, 6) is -2.79. The van der Waals surface area contributed by atoms with Gasteiger partial charge in [-0.05, 0) is 47.9 Å². The van der Waals surface area contributed by atoms with E-state index in [1.807, 2.05) is 34.6 Å². The molecule has 2 heterocycles. The number of ether oxygens (including phenoxy) is 1. The lowest BCUT2D eigenvalue weighted by molar-refractivity contribution is -0.137. The average Bonchev–Trinajstić information content (AvgIpc) is 3.56. The van der Waals surface area contributed by atoms with Crippen molar-refractivity contribution in [1.29, 1.82) is 0 Å². The molecule has 0 radical (unpaired) electrons. The summed E-state index contributed by atoms with van der Waals surface area (Å²) in [7, 11) is 0. The second-order valence-electron chi connectivity index (χ2n) is 14.5. The topological polar surface area (TPSA) is 128 Å². The third-order valence-electron chi connectivity index (χ3n) is 10.9. The van der Waals surface area contributed by atoms with Crippen molar-refractivity contribution < 1.29 is 36.7 Å². The minimum absolute atomic E-state index is 0.0589. The predicted octanol–water partition coefficient (Wildman–Crippen LogP) is 6.21. The molecule has 0 saturated carbocycles. The van der Waals surface area contributed by atoms with Crippen LogP contribution in [0.4, 0.5) is 17.6 Å². The van der Waals surface area contributed by atoms with Gasteiger partial charge in [0, 0.05) is 30.6 Å². The smallest absolute Gasteiger partial charge is 0.379 e. The highest BCUT2D eigenvalue weighted by Gasteiger charge is 2.47. The molecule has 10 nitrogen and oxygen atoms in total. The van der Waals surface area contributed by atoms with E-state index in [9.17, 15) is 31.9 Å². The molecule has 56 heavy (non-hydrogen) atoms. The number of morpholine rings is 1. The first-order valence-electron chi connectivity index (χ1n) is 19.6. The van der Waals surface area contributed by atoms with Gasteiger partial charge in [-0.1, -0.05) is 96.9 Å². The second-order valence-corrected chi connectivity index (χ2v) is 15.0. The van der Waals surface area contributed by atoms with Crippen LogP contribution in [0.3, 0.4) is 0 Å². The number of hydrogen-bond donors (Lipinski definition) is 5. The van der Waals surface area contributed by atoms with E-state index in [1.54, 1.807) is 19.1 Å². The number of alkyl halides is 3. The SMILES string of the molecule is CC.CCC(C)[C@H](NC(=O)Cc1ccccc1F)C(=O)N[C@]1(C(=O)N[C@H](C(=S)NCN2CCOCC2)C(C)CC)CCc2[nH]c3c(C(F)(F)F)cccc3c2C1. The van der Waals surface area contributed by atoms with Crippen molar-refractivity contribution in [3.63, 3.8) is 0 Å². The Balaban J connectivity index is 0.00000342. The molecule has 1 aliphatic carbocycles. The Hall–Kier alpha value is -4.08. The van der Waals surface area contributed by atoms with Crippen LogP contribution in [0.15, 0.2) is 42.5 Å². The molecule has 15 heteroatoms. The Bertz CT molecular complexity index is 1830. The van der Waals surface area contributed by atoms with Crippen LogP contribution in [0.25, 0.3) is 10.9 Å². The number of fused-ring (bicyclic) bond motifs is 3. The minimum atomic E-state index is -4.62. The highest BCUT2D eigenvalue weighted by molar-refractivity contribution is 7.80. The number of amides is 3. The lowest BCUT2D eigenvalue weighted by atomic mass is 9.78. The molecular formula is C41H56F4N6O4S. The zero-order valence-electron chi connectivity index (χ0n) is 33.1. The number of thiocarbonyl (C=S) groups is 1. The molecule has 0 bridgehead atoms. The molecular weight excluding hydrogens is 749 g/mol. The van der Waals surface area contributed by atoms with Gasteiger partial charge in [-0.25, -0.2) is 4.39 Å². The van der Waals surface area contributed by atoms with Gasteiger partial charge in [0.05, 0.1) is 48.4 Å². The van der Waals surface area contributed by atoms with Crippen molar-refractivity contribution in [2.75, 3.05) is 33.0 Å². The average molecular weight is 805 g/mol. The molecule has 2 unspecified atom stereocenters. The minimum Gasteiger partial charge on any atom is -0.379 e. The van der Waals surface area contributed by atoms with Crippen LogP contribution in [0.1, 0.15) is 83.2 Å². The van der Waals surface area contributed by atoms with Gasteiger partial charge in [-0.15, -0.1) is 0 Å². The van der Waals surface area contributed by atoms with Crippen molar-refractivity contribution >= 4 is 45.8 Å². The predicted molar refractivity (Wildman–Crippen MR) is 213 cm³/mol. The number of para-hydroxylation sites is 1. The standard InChI is InChI=1S/C39H50F4N6O4S.C2H6/c1-5-23(3)32(46-31(50)20-25-10-7-8-13-29(25)40)35(51)48-38(15-14-30-27(21-38)26-11-9-12-28(34(26)45-30)39(41,42)43)37(52)47-33(24(4)6-2)36(54)44-22-49-16-18-53-19-17-49;1-2/h7-13,23-24,32-33,45H,5-6,14-22H2,1-4H3,(H,44,54)(H,46,50)(H,47,52)(H,48,51);1-2H3/t23?,24?,32-,33-,38+;/m0./s1. The number of aromatic nitrogens is 1. The first kappa shape index (κ1) is 44.6. The number of halogens is 4. The van der Waals surface area contributed by atoms with Gasteiger partial charge in [-0.2, -0.15) is 13.2 Å². The van der Waals surface area contributed by atoms with Crippen molar-refractivity contribution in [2.24, 2.45) is 11.8 Å². The number of aromatic amines is 1. The number of carbonyl (C=O) groups excluding carboxylic acids is 3. The summed E-state index contributed by atoms with van der Waals surface area (Å²) < 4.78 is 62.1. The summed E-state index contributed by atoms with van der Waals surface area (Å²) in [6, 6.07) is 8.07. The number of rotatable bonds is 14. The van der Waals surface area contributed by atoms with Gasteiger partial charge >= 0.3 is 6.18 Å². The maximum Gasteiger partial charge on any atom is 0.418 e. The third kappa shape index (κ3) is 10.6. The Morgan fingerprint density at radius 2 is 1.62 bits per heavy atom. The van der Waals surface area contributed by atoms with E-state index in [0.717, 1.165) is 19.2 Å². The molecule has 2 aromatic carbocycles. The largest absolute Gasteiger partial charge is 0.418 e. The zero-order chi connectivity index (χ0) is 41.2. The number of nitrogens with one attached hydrogen (secondary N) is 5. The number of benzene rings is 2. The Morgan fingerprint density at radius 3 is 2.27 bits per heavy atom. The Labute approximate surface area is 332 Å². The third-order valence-corrected chi connectivity index (χ3v) is 11.3. The van der Waals surface area contributed by atoms with Crippen LogP contribution in [0, 0.1) is 17.7 Å². The van der Waals surface area contributed by atoms with Gasteiger partial charge in [0.25, 0.3) is 0 Å². The fourth-order valence-electron chi connectivity index (χ4n) is 7.16. The van der Waals surface area contributed by atoms with Gasteiger partial charge in [0.15, 0.2) is 0 Å². The van der Waals surface area contributed by atoms with Crippen LogP contribution >= 0.6 is 12.2 Å². The van der Waals surface area contributed by atoms with Crippen LogP contribution in [-0.4, -0.2) is 83.2 Å². The summed E-state index contributed by atoms with van der Waals surface area (Å²) in [5, 5.41) is 12.5. The number of nitrogens with zero attached hydrogens (tertiary/aromatic N) is 1. The van der Waals surface area contributed by atoms with Gasteiger partial charge in [-0.3, -0.25) is 19.3 Å². The van der Waals surface area contributed by atoms with Crippen LogP contribution in [0.5, 0.6) is 0 Å². The molecule has 1 aromatic heterocycles. The summed E-state index contributed by atoms with van der Waals surface area (Å²) in [6.45, 7) is 14.7. The summed E-state index contributed by atoms with van der Waals surface area (Å²) in [6.07, 6.45) is -3.65. The second kappa shape index (κ2) is 19.9. The number of carbonyl (C=O) groups is 3. The number of H-pyrrole nitrogens is 1. The molecule has 2 aliphatic rings. The van der Waals surface area contributed by atoms with Crippen molar-refractivity contribution in [3.05, 3.63) is 70.7 Å². The highest BCUT2D eigenvalue weighted by Crippen LogP contribution is 2.40. The van der Waals surface area contributed by atoms with Gasteiger partial charge in [0.1, 0.15) is 17.4 Å². The normalized spacial score (nSPS) is 19.3.